The number of hydrogen-bond acceptors (Lipinski definition) is 3. The zero-order chi connectivity index (χ0) is 11.4. The zero-order valence-electron chi connectivity index (χ0n) is 8.07. The molecule has 0 saturated heterocycles. The lowest BCUT2D eigenvalue weighted by atomic mass is 10.4. The first-order valence-corrected chi connectivity index (χ1v) is 5.34. The van der Waals surface area contributed by atoms with Gasteiger partial charge in [-0.15, -0.1) is 0 Å². The standard InChI is InChI=1S/C8H10BrN3O3/c1-11-6(8(13)10-5-4-9)2-3-7(11)12(14)15/h2-3H,4-5H2,1H3,(H,10,13). The molecule has 82 valence electrons. The molecule has 0 saturated carbocycles. The van der Waals surface area contributed by atoms with Crippen molar-refractivity contribution < 1.29 is 9.72 Å². The Kier molecular flexibility index (Phi) is 3.84. The topological polar surface area (TPSA) is 77.2 Å². The molecule has 1 N–H and O–H groups in total. The Balaban J connectivity index is 2.86. The van der Waals surface area contributed by atoms with Gasteiger partial charge in [-0.1, -0.05) is 15.9 Å². The molecule has 1 aromatic rings. The summed E-state index contributed by atoms with van der Waals surface area (Å²) >= 11 is 3.17. The van der Waals surface area contributed by atoms with Crippen LogP contribution in [0.1, 0.15) is 10.5 Å². The maximum Gasteiger partial charge on any atom is 0.323 e. The van der Waals surface area contributed by atoms with Gasteiger partial charge in [0.2, 0.25) is 0 Å². The molecule has 0 aliphatic heterocycles. The molecule has 0 bridgehead atoms. The maximum atomic E-state index is 11.5. The zero-order valence-corrected chi connectivity index (χ0v) is 9.65. The van der Waals surface area contributed by atoms with Gasteiger partial charge in [0.05, 0.1) is 7.05 Å². The predicted molar refractivity (Wildman–Crippen MR) is 58.2 cm³/mol. The van der Waals surface area contributed by atoms with Crippen LogP contribution in [-0.2, 0) is 7.05 Å². The van der Waals surface area contributed by atoms with Crippen molar-refractivity contribution in [3.8, 4) is 0 Å². The van der Waals surface area contributed by atoms with Gasteiger partial charge < -0.3 is 15.4 Å². The van der Waals surface area contributed by atoms with Crippen LogP contribution in [-0.4, -0.2) is 27.3 Å². The largest absolute Gasteiger partial charge is 0.358 e. The molecule has 6 nitrogen and oxygen atoms in total. The van der Waals surface area contributed by atoms with Gasteiger partial charge in [-0.3, -0.25) is 4.79 Å². The number of alkyl halides is 1. The molecule has 0 unspecified atom stereocenters. The van der Waals surface area contributed by atoms with Crippen molar-refractivity contribution in [1.29, 1.82) is 0 Å². The molecule has 0 aromatic carbocycles. The van der Waals surface area contributed by atoms with E-state index in [1.54, 1.807) is 0 Å². The molecule has 0 atom stereocenters. The monoisotopic (exact) mass is 275 g/mol. The normalized spacial score (nSPS) is 10.0. The van der Waals surface area contributed by atoms with Gasteiger partial charge in [0.15, 0.2) is 5.69 Å². The first kappa shape index (κ1) is 11.7. The lowest BCUT2D eigenvalue weighted by Gasteiger charge is -2.01. The third-order valence-corrected chi connectivity index (χ3v) is 2.29. The Morgan fingerprint density at radius 2 is 2.33 bits per heavy atom. The van der Waals surface area contributed by atoms with Crippen LogP contribution < -0.4 is 5.32 Å². The Bertz CT molecular complexity index is 388. The molecular formula is C8H10BrN3O3. The van der Waals surface area contributed by atoms with Gasteiger partial charge in [-0.25, -0.2) is 4.57 Å². The summed E-state index contributed by atoms with van der Waals surface area (Å²) in [5.41, 5.74) is 0.280. The van der Waals surface area contributed by atoms with Crippen LogP contribution in [0, 0.1) is 10.1 Å². The summed E-state index contributed by atoms with van der Waals surface area (Å²) in [4.78, 5) is 21.5. The van der Waals surface area contributed by atoms with E-state index in [0.717, 1.165) is 0 Å². The number of carbonyl (C=O) groups excluding carboxylic acids is 1. The van der Waals surface area contributed by atoms with Crippen LogP contribution in [0.2, 0.25) is 0 Å². The number of nitro groups is 1. The van der Waals surface area contributed by atoms with Crippen molar-refractivity contribution in [3.05, 3.63) is 27.9 Å². The number of carbonyl (C=O) groups is 1. The van der Waals surface area contributed by atoms with Crippen LogP contribution in [0.4, 0.5) is 5.82 Å². The third kappa shape index (κ3) is 2.56. The Morgan fingerprint density at radius 1 is 1.67 bits per heavy atom. The second kappa shape index (κ2) is 4.92. The number of hydrogen-bond donors (Lipinski definition) is 1. The van der Waals surface area contributed by atoms with Gasteiger partial charge in [0.25, 0.3) is 5.91 Å². The van der Waals surface area contributed by atoms with Crippen molar-refractivity contribution in [2.45, 2.75) is 0 Å². The van der Waals surface area contributed by atoms with Crippen LogP contribution in [0.5, 0.6) is 0 Å². The molecular weight excluding hydrogens is 266 g/mol. The van der Waals surface area contributed by atoms with E-state index in [4.69, 9.17) is 0 Å². The van der Waals surface area contributed by atoms with Gasteiger partial charge in [0.1, 0.15) is 0 Å². The fourth-order valence-electron chi connectivity index (χ4n) is 1.16. The van der Waals surface area contributed by atoms with Crippen LogP contribution in [0.25, 0.3) is 0 Å². The van der Waals surface area contributed by atoms with Crippen molar-refractivity contribution in [3.63, 3.8) is 0 Å². The van der Waals surface area contributed by atoms with E-state index in [1.807, 2.05) is 0 Å². The second-order valence-electron chi connectivity index (χ2n) is 2.84. The third-order valence-electron chi connectivity index (χ3n) is 1.90. The molecule has 1 heterocycles. The van der Waals surface area contributed by atoms with Crippen LogP contribution in [0.3, 0.4) is 0 Å². The van der Waals surface area contributed by atoms with Crippen molar-refractivity contribution in [2.75, 3.05) is 11.9 Å². The minimum absolute atomic E-state index is 0.0982. The Labute approximate surface area is 94.5 Å². The summed E-state index contributed by atoms with van der Waals surface area (Å²) in [6, 6.07) is 2.74. The van der Waals surface area contributed by atoms with E-state index in [9.17, 15) is 14.9 Å². The fraction of sp³-hybridized carbons (Fsp3) is 0.375. The van der Waals surface area contributed by atoms with Gasteiger partial charge in [-0.2, -0.15) is 0 Å². The number of nitrogens with zero attached hydrogens (tertiary/aromatic N) is 2. The number of amides is 1. The molecule has 0 fully saturated rings. The number of rotatable bonds is 4. The quantitative estimate of drug-likeness (QED) is 0.507. The summed E-state index contributed by atoms with van der Waals surface area (Å²) in [6.07, 6.45) is 0. The summed E-state index contributed by atoms with van der Waals surface area (Å²) in [5.74, 6) is -0.413. The molecule has 1 amide bonds. The lowest BCUT2D eigenvalue weighted by molar-refractivity contribution is -0.391. The Morgan fingerprint density at radius 3 is 2.80 bits per heavy atom. The highest BCUT2D eigenvalue weighted by Gasteiger charge is 2.19. The highest BCUT2D eigenvalue weighted by Crippen LogP contribution is 2.14. The smallest absolute Gasteiger partial charge is 0.323 e. The molecule has 15 heavy (non-hydrogen) atoms. The first-order valence-electron chi connectivity index (χ1n) is 4.22. The van der Waals surface area contributed by atoms with Gasteiger partial charge in [-0.05, 0) is 11.0 Å². The van der Waals surface area contributed by atoms with Crippen LogP contribution >= 0.6 is 15.9 Å². The molecule has 7 heteroatoms. The van der Waals surface area contributed by atoms with Gasteiger partial charge >= 0.3 is 5.82 Å². The number of aromatic nitrogens is 1. The van der Waals surface area contributed by atoms with Crippen LogP contribution in [0.15, 0.2) is 12.1 Å². The molecule has 0 spiro atoms. The average Bonchev–Trinajstić information content (AvgIpc) is 2.56. The highest BCUT2D eigenvalue weighted by atomic mass is 79.9. The fourth-order valence-corrected chi connectivity index (χ4v) is 1.36. The molecule has 0 aliphatic rings. The van der Waals surface area contributed by atoms with Crippen molar-refractivity contribution >= 4 is 27.7 Å². The predicted octanol–water partition coefficient (Wildman–Crippen LogP) is 1.06. The highest BCUT2D eigenvalue weighted by molar-refractivity contribution is 9.09. The summed E-state index contributed by atoms with van der Waals surface area (Å²) in [6.45, 7) is 0.484. The molecule has 0 radical (unpaired) electrons. The minimum atomic E-state index is -0.527. The summed E-state index contributed by atoms with van der Waals surface area (Å²) in [7, 11) is 1.49. The molecule has 1 aromatic heterocycles. The number of nitrogens with one attached hydrogen (secondary N) is 1. The number of halogens is 1. The van der Waals surface area contributed by atoms with Gasteiger partial charge in [0, 0.05) is 17.9 Å². The van der Waals surface area contributed by atoms with E-state index in [2.05, 4.69) is 21.2 Å². The lowest BCUT2D eigenvalue weighted by Crippen LogP contribution is -2.27. The Hall–Kier alpha value is -1.37. The van der Waals surface area contributed by atoms with E-state index >= 15 is 0 Å². The second-order valence-corrected chi connectivity index (χ2v) is 3.63. The first-order chi connectivity index (χ1) is 7.07. The van der Waals surface area contributed by atoms with Crippen molar-refractivity contribution in [1.82, 2.24) is 9.88 Å². The minimum Gasteiger partial charge on any atom is -0.358 e. The maximum absolute atomic E-state index is 11.5. The SMILES string of the molecule is Cn1c(C(=O)NCCBr)ccc1[N+](=O)[O-]. The molecule has 0 aliphatic carbocycles. The summed E-state index contributed by atoms with van der Waals surface area (Å²) < 4.78 is 1.25. The summed E-state index contributed by atoms with van der Waals surface area (Å²) in [5, 5.41) is 13.8. The van der Waals surface area contributed by atoms with Crippen molar-refractivity contribution in [2.24, 2.45) is 7.05 Å². The van der Waals surface area contributed by atoms with E-state index in [-0.39, 0.29) is 17.4 Å². The molecule has 1 rings (SSSR count). The average molecular weight is 276 g/mol. The van der Waals surface area contributed by atoms with E-state index in [0.29, 0.717) is 11.9 Å². The van der Waals surface area contributed by atoms with E-state index < -0.39 is 4.92 Å². The van der Waals surface area contributed by atoms with E-state index in [1.165, 1.54) is 23.7 Å².